The van der Waals surface area contributed by atoms with E-state index in [1.165, 1.54) is 0 Å². The van der Waals surface area contributed by atoms with Gasteiger partial charge in [0, 0.05) is 42.3 Å². The van der Waals surface area contributed by atoms with Gasteiger partial charge in [0.1, 0.15) is 10.6 Å². The second-order valence-electron chi connectivity index (χ2n) is 9.34. The fourth-order valence-electron chi connectivity index (χ4n) is 4.79. The van der Waals surface area contributed by atoms with E-state index >= 15 is 0 Å². The number of aryl methyl sites for hydroxylation is 2. The van der Waals surface area contributed by atoms with Crippen molar-refractivity contribution in [2.24, 2.45) is 11.8 Å². The number of carbonyl (C=O) groups excluding carboxylic acids is 2. The Morgan fingerprint density at radius 3 is 2.41 bits per heavy atom. The molecular weight excluding hydrogens is 537 g/mol. The van der Waals surface area contributed by atoms with Crippen LogP contribution in [0.5, 0.6) is 0 Å². The Kier molecular flexibility index (Phi) is 6.91. The van der Waals surface area contributed by atoms with Crippen molar-refractivity contribution in [3.63, 3.8) is 0 Å². The molecule has 37 heavy (non-hydrogen) atoms. The zero-order valence-corrected chi connectivity index (χ0v) is 22.4. The number of hydrogen-bond donors (Lipinski definition) is 4. The van der Waals surface area contributed by atoms with Crippen LogP contribution in [0.4, 0.5) is 10.8 Å². The van der Waals surface area contributed by atoms with Crippen molar-refractivity contribution in [1.29, 1.82) is 0 Å². The maximum atomic E-state index is 12.6. The standard InChI is InChI=1S/C25H25Cl2N5O4S/c1-3-12-4-6-13(7-5-12)29-17(33)8-16-22(24(35)36)37-25(30-16)32-9-14-15(10-32)20(14)31-23(34)21-19(27)18(26)11(2)28-21/h4-7,14-15,20,28H,3,8-10H2,1-2H3,(H,29,33)(H,31,34)(H,35,36)/t14-,15+,20?. The second-order valence-corrected chi connectivity index (χ2v) is 11.1. The third-order valence-corrected chi connectivity index (χ3v) is 8.99. The lowest BCUT2D eigenvalue weighted by atomic mass is 10.1. The number of halogens is 2. The molecule has 0 spiro atoms. The highest BCUT2D eigenvalue weighted by Crippen LogP contribution is 2.48. The molecule has 1 aliphatic carbocycles. The number of thiazole rings is 1. The van der Waals surface area contributed by atoms with Crippen LogP contribution in [-0.2, 0) is 17.6 Å². The van der Waals surface area contributed by atoms with E-state index in [1.54, 1.807) is 6.92 Å². The number of H-pyrrole nitrogens is 1. The smallest absolute Gasteiger partial charge is 0.347 e. The molecule has 1 saturated carbocycles. The van der Waals surface area contributed by atoms with E-state index in [0.717, 1.165) is 23.3 Å². The Balaban J connectivity index is 1.20. The van der Waals surface area contributed by atoms with Crippen LogP contribution in [0, 0.1) is 18.8 Å². The highest BCUT2D eigenvalue weighted by atomic mass is 35.5. The molecule has 2 aromatic heterocycles. The number of carboxylic acid groups (broad SMARTS) is 1. The molecule has 194 valence electrons. The average Bonchev–Trinajstić information content (AvgIpc) is 3.22. The number of nitrogens with one attached hydrogen (secondary N) is 3. The zero-order valence-electron chi connectivity index (χ0n) is 20.1. The molecule has 2 fully saturated rings. The van der Waals surface area contributed by atoms with Crippen molar-refractivity contribution in [3.05, 3.63) is 61.8 Å². The Morgan fingerprint density at radius 1 is 1.16 bits per heavy atom. The predicted molar refractivity (Wildman–Crippen MR) is 143 cm³/mol. The molecule has 3 heterocycles. The third-order valence-electron chi connectivity index (χ3n) is 6.90. The lowest BCUT2D eigenvalue weighted by Crippen LogP contribution is -2.34. The van der Waals surface area contributed by atoms with E-state index in [4.69, 9.17) is 23.2 Å². The number of nitrogens with zero attached hydrogens (tertiary/aromatic N) is 2. The number of aromatic amines is 1. The lowest BCUT2D eigenvalue weighted by Gasteiger charge is -2.19. The number of aromatic nitrogens is 2. The lowest BCUT2D eigenvalue weighted by molar-refractivity contribution is -0.115. The Hall–Kier alpha value is -3.08. The van der Waals surface area contributed by atoms with Gasteiger partial charge in [-0.2, -0.15) is 0 Å². The van der Waals surface area contributed by atoms with E-state index in [9.17, 15) is 19.5 Å². The first-order valence-electron chi connectivity index (χ1n) is 11.9. The topological polar surface area (TPSA) is 127 Å². The minimum Gasteiger partial charge on any atom is -0.477 e. The number of piperidine rings is 1. The molecule has 1 unspecified atom stereocenters. The fourth-order valence-corrected chi connectivity index (χ4v) is 6.15. The first kappa shape index (κ1) is 25.6. The van der Waals surface area contributed by atoms with E-state index in [-0.39, 0.29) is 57.4 Å². The van der Waals surface area contributed by atoms with Gasteiger partial charge < -0.3 is 25.6 Å². The van der Waals surface area contributed by atoms with Crippen LogP contribution in [-0.4, -0.2) is 52.0 Å². The number of anilines is 2. The summed E-state index contributed by atoms with van der Waals surface area (Å²) < 4.78 is 0. The Bertz CT molecular complexity index is 1370. The van der Waals surface area contributed by atoms with Crippen molar-refractivity contribution < 1.29 is 19.5 Å². The minimum atomic E-state index is -1.11. The number of benzene rings is 1. The number of hydrogen-bond acceptors (Lipinski definition) is 6. The van der Waals surface area contributed by atoms with Crippen molar-refractivity contribution in [1.82, 2.24) is 15.3 Å². The van der Waals surface area contributed by atoms with Gasteiger partial charge in [-0.25, -0.2) is 9.78 Å². The van der Waals surface area contributed by atoms with E-state index in [1.807, 2.05) is 29.2 Å². The molecule has 1 saturated heterocycles. The van der Waals surface area contributed by atoms with Gasteiger partial charge in [-0.3, -0.25) is 9.59 Å². The highest BCUT2D eigenvalue weighted by molar-refractivity contribution is 7.17. The van der Waals surface area contributed by atoms with Crippen molar-refractivity contribution >= 4 is 63.1 Å². The third kappa shape index (κ3) is 5.05. The molecule has 9 nitrogen and oxygen atoms in total. The minimum absolute atomic E-state index is 0.00505. The maximum Gasteiger partial charge on any atom is 0.347 e. The van der Waals surface area contributed by atoms with Crippen LogP contribution in [0.15, 0.2) is 24.3 Å². The van der Waals surface area contributed by atoms with Gasteiger partial charge in [-0.1, -0.05) is 53.6 Å². The summed E-state index contributed by atoms with van der Waals surface area (Å²) in [5, 5.41) is 16.6. The van der Waals surface area contributed by atoms with Crippen LogP contribution in [0.2, 0.25) is 10.0 Å². The largest absolute Gasteiger partial charge is 0.477 e. The van der Waals surface area contributed by atoms with Crippen molar-refractivity contribution in [3.8, 4) is 0 Å². The summed E-state index contributed by atoms with van der Waals surface area (Å²) in [6.07, 6.45) is 0.769. The van der Waals surface area contributed by atoms with Crippen LogP contribution in [0.25, 0.3) is 0 Å². The number of carboxylic acids is 1. The van der Waals surface area contributed by atoms with Gasteiger partial charge in [0.25, 0.3) is 5.91 Å². The molecule has 0 radical (unpaired) electrons. The molecule has 2 aliphatic rings. The Labute approximate surface area is 227 Å². The molecule has 5 rings (SSSR count). The number of amides is 2. The number of carbonyl (C=O) groups is 3. The maximum absolute atomic E-state index is 12.6. The molecule has 1 aliphatic heterocycles. The first-order chi connectivity index (χ1) is 17.7. The van der Waals surface area contributed by atoms with Crippen LogP contribution in [0.3, 0.4) is 0 Å². The molecule has 0 bridgehead atoms. The average molecular weight is 562 g/mol. The molecule has 3 atom stereocenters. The summed E-state index contributed by atoms with van der Waals surface area (Å²) in [6.45, 7) is 5.07. The summed E-state index contributed by atoms with van der Waals surface area (Å²) in [7, 11) is 0. The first-order valence-corrected chi connectivity index (χ1v) is 13.4. The van der Waals surface area contributed by atoms with Crippen molar-refractivity contribution in [2.45, 2.75) is 32.7 Å². The monoisotopic (exact) mass is 561 g/mol. The number of aromatic carboxylic acids is 1. The van der Waals surface area contributed by atoms with Crippen LogP contribution >= 0.6 is 34.5 Å². The molecule has 3 aromatic rings. The van der Waals surface area contributed by atoms with Gasteiger partial charge in [-0.05, 0) is 31.0 Å². The van der Waals surface area contributed by atoms with Crippen molar-refractivity contribution in [2.75, 3.05) is 23.3 Å². The van der Waals surface area contributed by atoms with Gasteiger partial charge in [0.2, 0.25) is 5.91 Å². The zero-order chi connectivity index (χ0) is 26.4. The van der Waals surface area contributed by atoms with E-state index in [2.05, 4.69) is 27.5 Å². The summed E-state index contributed by atoms with van der Waals surface area (Å²) in [6, 6.07) is 7.54. The van der Waals surface area contributed by atoms with Crippen LogP contribution < -0.4 is 15.5 Å². The summed E-state index contributed by atoms with van der Waals surface area (Å²) >= 11 is 13.3. The highest BCUT2D eigenvalue weighted by Gasteiger charge is 2.57. The van der Waals surface area contributed by atoms with Gasteiger partial charge in [0.15, 0.2) is 5.13 Å². The second kappa shape index (κ2) is 10.00. The summed E-state index contributed by atoms with van der Waals surface area (Å²) in [5.74, 6) is -1.28. The molecule has 1 aromatic carbocycles. The van der Waals surface area contributed by atoms with Crippen LogP contribution in [0.1, 0.15) is 44.0 Å². The quantitative estimate of drug-likeness (QED) is 0.323. The summed E-state index contributed by atoms with van der Waals surface area (Å²) in [4.78, 5) is 46.6. The molecule has 12 heteroatoms. The van der Waals surface area contributed by atoms with Gasteiger partial charge >= 0.3 is 5.97 Å². The van der Waals surface area contributed by atoms with E-state index < -0.39 is 5.97 Å². The molecular formula is C25H25Cl2N5O4S. The van der Waals surface area contributed by atoms with E-state index in [0.29, 0.717) is 34.6 Å². The SMILES string of the molecule is CCc1ccc(NC(=O)Cc2nc(N3C[C@@H]4C(NC(=O)c5[nH]c(C)c(Cl)c5Cl)[C@@H]4C3)sc2C(=O)O)cc1. The normalized spacial score (nSPS) is 20.0. The number of rotatable bonds is 8. The summed E-state index contributed by atoms with van der Waals surface area (Å²) in [5.41, 5.74) is 2.94. The fraction of sp³-hybridized carbons (Fsp3) is 0.360. The predicted octanol–water partition coefficient (Wildman–Crippen LogP) is 4.39. The van der Waals surface area contributed by atoms with Gasteiger partial charge in [0.05, 0.1) is 22.2 Å². The molecule has 4 N–H and O–H groups in total. The number of fused-ring (bicyclic) bond motifs is 1. The van der Waals surface area contributed by atoms with Gasteiger partial charge in [-0.15, -0.1) is 0 Å². The Morgan fingerprint density at radius 2 is 1.84 bits per heavy atom. The molecule has 2 amide bonds.